The monoisotopic (exact) mass is 200 g/mol. The van der Waals surface area contributed by atoms with Gasteiger partial charge in [0.2, 0.25) is 0 Å². The van der Waals surface area contributed by atoms with Gasteiger partial charge in [0.05, 0.1) is 0 Å². The van der Waals surface area contributed by atoms with E-state index in [-0.39, 0.29) is 11.5 Å². The van der Waals surface area contributed by atoms with Crippen molar-refractivity contribution < 1.29 is 4.79 Å². The Morgan fingerprint density at radius 1 is 1.33 bits per heavy atom. The molecule has 0 aromatic heterocycles. The van der Waals surface area contributed by atoms with Crippen molar-refractivity contribution >= 4 is 12.0 Å². The van der Waals surface area contributed by atoms with Crippen LogP contribution >= 0.6 is 0 Å². The number of rotatable bonds is 2. The molecule has 0 unspecified atom stereocenters. The average molecular weight is 200 g/mol. The number of amides is 1. The minimum absolute atomic E-state index is 0.145. The first-order valence-electron chi connectivity index (χ1n) is 4.53. The lowest BCUT2D eigenvalue weighted by Gasteiger charge is -2.08. The first-order chi connectivity index (χ1) is 7.15. The summed E-state index contributed by atoms with van der Waals surface area (Å²) < 4.78 is 0. The zero-order valence-electron chi connectivity index (χ0n) is 8.77. The van der Waals surface area contributed by atoms with Crippen molar-refractivity contribution in [3.63, 3.8) is 0 Å². The number of nitrogens with zero attached hydrogens (tertiary/aromatic N) is 2. The van der Waals surface area contributed by atoms with Crippen molar-refractivity contribution in [2.24, 2.45) is 0 Å². The van der Waals surface area contributed by atoms with Gasteiger partial charge in [-0.25, -0.2) is 0 Å². The second kappa shape index (κ2) is 4.97. The molecule has 0 heterocycles. The van der Waals surface area contributed by atoms with Crippen molar-refractivity contribution in [2.45, 2.75) is 0 Å². The second-order valence-corrected chi connectivity index (χ2v) is 3.28. The summed E-state index contributed by atoms with van der Waals surface area (Å²) in [7, 11) is 3.25. The van der Waals surface area contributed by atoms with Crippen LogP contribution in [-0.4, -0.2) is 24.9 Å². The molecule has 1 amide bonds. The summed E-state index contributed by atoms with van der Waals surface area (Å²) in [5.41, 5.74) is 0.996. The molecule has 0 spiro atoms. The predicted molar refractivity (Wildman–Crippen MR) is 58.7 cm³/mol. The lowest BCUT2D eigenvalue weighted by atomic mass is 10.1. The van der Waals surface area contributed by atoms with Crippen LogP contribution in [0.1, 0.15) is 5.56 Å². The Bertz CT molecular complexity index is 413. The summed E-state index contributed by atoms with van der Waals surface area (Å²) in [6.07, 6.45) is 1.59. The summed E-state index contributed by atoms with van der Waals surface area (Å²) in [4.78, 5) is 12.9. The van der Waals surface area contributed by atoms with Gasteiger partial charge in [-0.05, 0) is 11.6 Å². The number of nitriles is 1. The third-order valence-electron chi connectivity index (χ3n) is 1.87. The number of benzene rings is 1. The number of carbonyl (C=O) groups is 1. The molecule has 0 N–H and O–H groups in total. The van der Waals surface area contributed by atoms with Crippen molar-refractivity contribution in [2.75, 3.05) is 14.1 Å². The molecule has 0 aliphatic heterocycles. The summed E-state index contributed by atoms with van der Waals surface area (Å²) in [5.74, 6) is -0.277. The molecule has 0 saturated carbocycles. The van der Waals surface area contributed by atoms with E-state index < -0.39 is 0 Å². The zero-order chi connectivity index (χ0) is 11.3. The van der Waals surface area contributed by atoms with Gasteiger partial charge in [-0.3, -0.25) is 4.79 Å². The van der Waals surface area contributed by atoms with Gasteiger partial charge in [0.1, 0.15) is 11.6 Å². The number of carbonyl (C=O) groups excluding carboxylic acids is 1. The molecule has 76 valence electrons. The van der Waals surface area contributed by atoms with Crippen LogP contribution < -0.4 is 0 Å². The molecule has 0 fully saturated rings. The van der Waals surface area contributed by atoms with Crippen LogP contribution in [0.5, 0.6) is 0 Å². The smallest absolute Gasteiger partial charge is 0.264 e. The van der Waals surface area contributed by atoms with Crippen molar-refractivity contribution in [1.29, 1.82) is 5.26 Å². The summed E-state index contributed by atoms with van der Waals surface area (Å²) >= 11 is 0. The Labute approximate surface area is 89.2 Å². The van der Waals surface area contributed by atoms with Gasteiger partial charge in [0, 0.05) is 14.1 Å². The molecule has 3 heteroatoms. The lowest BCUT2D eigenvalue weighted by Crippen LogP contribution is -2.22. The van der Waals surface area contributed by atoms with Gasteiger partial charge in [-0.1, -0.05) is 30.3 Å². The van der Waals surface area contributed by atoms with Crippen LogP contribution in [0.15, 0.2) is 35.9 Å². The second-order valence-electron chi connectivity index (χ2n) is 3.28. The van der Waals surface area contributed by atoms with E-state index in [1.165, 1.54) is 4.90 Å². The highest BCUT2D eigenvalue weighted by atomic mass is 16.2. The van der Waals surface area contributed by atoms with E-state index in [0.717, 1.165) is 5.56 Å². The molecule has 1 rings (SSSR count). The Balaban J connectivity index is 3.00. The van der Waals surface area contributed by atoms with Crippen LogP contribution in [-0.2, 0) is 4.79 Å². The van der Waals surface area contributed by atoms with E-state index in [0.29, 0.717) is 0 Å². The van der Waals surface area contributed by atoms with E-state index in [4.69, 9.17) is 5.26 Å². The highest BCUT2D eigenvalue weighted by Crippen LogP contribution is 2.07. The molecule has 0 atom stereocenters. The SMILES string of the molecule is CN(C)C(=O)/C(C#N)=C/c1ccccc1. The highest BCUT2D eigenvalue weighted by Gasteiger charge is 2.10. The van der Waals surface area contributed by atoms with Crippen molar-refractivity contribution in [3.8, 4) is 6.07 Å². The topological polar surface area (TPSA) is 44.1 Å². The van der Waals surface area contributed by atoms with E-state index in [1.54, 1.807) is 20.2 Å². The predicted octanol–water partition coefficient (Wildman–Crippen LogP) is 1.68. The molecule has 1 aromatic carbocycles. The van der Waals surface area contributed by atoms with Gasteiger partial charge in [-0.15, -0.1) is 0 Å². The fraction of sp³-hybridized carbons (Fsp3) is 0.167. The Morgan fingerprint density at radius 2 is 1.93 bits per heavy atom. The Kier molecular flexibility index (Phi) is 3.64. The number of hydrogen-bond donors (Lipinski definition) is 0. The third kappa shape index (κ3) is 2.96. The number of hydrogen-bond acceptors (Lipinski definition) is 2. The summed E-state index contributed by atoms with van der Waals surface area (Å²) in [6.45, 7) is 0. The standard InChI is InChI=1S/C12H12N2O/c1-14(2)12(15)11(9-13)8-10-6-4-3-5-7-10/h3-8H,1-2H3/b11-8+. The minimum atomic E-state index is -0.277. The molecule has 3 nitrogen and oxygen atoms in total. The Morgan fingerprint density at radius 3 is 2.40 bits per heavy atom. The van der Waals surface area contributed by atoms with Gasteiger partial charge in [0.25, 0.3) is 5.91 Å². The lowest BCUT2D eigenvalue weighted by molar-refractivity contribution is -0.124. The molecule has 0 aliphatic rings. The van der Waals surface area contributed by atoms with Gasteiger partial charge in [-0.2, -0.15) is 5.26 Å². The molecule has 1 aromatic rings. The first-order valence-corrected chi connectivity index (χ1v) is 4.53. The van der Waals surface area contributed by atoms with Crippen molar-refractivity contribution in [3.05, 3.63) is 41.5 Å². The molecule has 0 aliphatic carbocycles. The van der Waals surface area contributed by atoms with Gasteiger partial charge >= 0.3 is 0 Å². The molecule has 0 bridgehead atoms. The van der Waals surface area contributed by atoms with Crippen LogP contribution in [0.3, 0.4) is 0 Å². The largest absolute Gasteiger partial charge is 0.344 e. The third-order valence-corrected chi connectivity index (χ3v) is 1.87. The summed E-state index contributed by atoms with van der Waals surface area (Å²) in [5, 5.41) is 8.84. The quantitative estimate of drug-likeness (QED) is 0.538. The van der Waals surface area contributed by atoms with E-state index >= 15 is 0 Å². The highest BCUT2D eigenvalue weighted by molar-refractivity contribution is 6.01. The maximum absolute atomic E-state index is 11.5. The Hall–Kier alpha value is -2.08. The van der Waals surface area contributed by atoms with Gasteiger partial charge < -0.3 is 4.90 Å². The van der Waals surface area contributed by atoms with Gasteiger partial charge in [0.15, 0.2) is 0 Å². The summed E-state index contributed by atoms with van der Waals surface area (Å²) in [6, 6.07) is 11.2. The van der Waals surface area contributed by atoms with E-state index in [1.807, 2.05) is 36.4 Å². The first kappa shape index (κ1) is 11.0. The van der Waals surface area contributed by atoms with Crippen LogP contribution in [0.4, 0.5) is 0 Å². The maximum Gasteiger partial charge on any atom is 0.264 e. The van der Waals surface area contributed by atoms with E-state index in [2.05, 4.69) is 0 Å². The number of likely N-dealkylation sites (N-methyl/N-ethyl adjacent to an activating group) is 1. The average Bonchev–Trinajstić information content (AvgIpc) is 2.26. The van der Waals surface area contributed by atoms with Crippen LogP contribution in [0.2, 0.25) is 0 Å². The van der Waals surface area contributed by atoms with Crippen LogP contribution in [0.25, 0.3) is 6.08 Å². The minimum Gasteiger partial charge on any atom is -0.344 e. The molecule has 0 radical (unpaired) electrons. The molecule has 15 heavy (non-hydrogen) atoms. The molecular formula is C12H12N2O. The maximum atomic E-state index is 11.5. The van der Waals surface area contributed by atoms with E-state index in [9.17, 15) is 4.79 Å². The fourth-order valence-corrected chi connectivity index (χ4v) is 1.10. The molecule has 0 saturated heterocycles. The molecular weight excluding hydrogens is 188 g/mol. The fourth-order valence-electron chi connectivity index (χ4n) is 1.10. The normalized spacial score (nSPS) is 10.6. The van der Waals surface area contributed by atoms with Crippen molar-refractivity contribution in [1.82, 2.24) is 4.90 Å². The zero-order valence-corrected chi connectivity index (χ0v) is 8.77. The van der Waals surface area contributed by atoms with Crippen LogP contribution in [0, 0.1) is 11.3 Å².